The van der Waals surface area contributed by atoms with Crippen molar-refractivity contribution in [2.45, 2.75) is 0 Å². The summed E-state index contributed by atoms with van der Waals surface area (Å²) in [4.78, 5) is 7.62. The molecule has 0 aliphatic heterocycles. The van der Waals surface area contributed by atoms with Crippen molar-refractivity contribution < 1.29 is 4.39 Å². The third-order valence-electron chi connectivity index (χ3n) is 1.91. The Hall–Kier alpha value is -2.28. The van der Waals surface area contributed by atoms with Gasteiger partial charge in [-0.25, -0.2) is 14.4 Å². The van der Waals surface area contributed by atoms with Crippen molar-refractivity contribution >= 4 is 0 Å². The number of nitrogens with zero attached hydrogens (tertiary/aromatic N) is 3. The predicted octanol–water partition coefficient (Wildman–Crippen LogP) is 2.15. The first-order valence-electron chi connectivity index (χ1n) is 4.27. The van der Waals surface area contributed by atoms with E-state index in [0.717, 1.165) is 0 Å². The van der Waals surface area contributed by atoms with Crippen molar-refractivity contribution in [3.05, 3.63) is 48.3 Å². The average Bonchev–Trinajstić information content (AvgIpc) is 2.29. The van der Waals surface area contributed by atoms with E-state index in [9.17, 15) is 4.39 Å². The Morgan fingerprint density at radius 2 is 1.87 bits per heavy atom. The molecule has 0 radical (unpaired) electrons. The molecular formula is C11H6FN3. The molecule has 15 heavy (non-hydrogen) atoms. The summed E-state index contributed by atoms with van der Waals surface area (Å²) in [7, 11) is 0. The highest BCUT2D eigenvalue weighted by Crippen LogP contribution is 2.17. The molecule has 0 saturated carbocycles. The van der Waals surface area contributed by atoms with E-state index < -0.39 is 0 Å². The Balaban J connectivity index is 2.42. The molecular weight excluding hydrogens is 193 g/mol. The lowest BCUT2D eigenvalue weighted by Crippen LogP contribution is -1.89. The van der Waals surface area contributed by atoms with Crippen LogP contribution in [-0.4, -0.2) is 9.97 Å². The third-order valence-corrected chi connectivity index (χ3v) is 1.91. The van der Waals surface area contributed by atoms with Gasteiger partial charge in [-0.15, -0.1) is 0 Å². The Morgan fingerprint density at radius 3 is 2.47 bits per heavy atom. The minimum absolute atomic E-state index is 0.107. The highest BCUT2D eigenvalue weighted by molar-refractivity contribution is 5.61. The van der Waals surface area contributed by atoms with Crippen molar-refractivity contribution in [2.24, 2.45) is 0 Å². The van der Waals surface area contributed by atoms with Crippen molar-refractivity contribution in [3.63, 3.8) is 0 Å². The Kier molecular flexibility index (Phi) is 2.38. The van der Waals surface area contributed by atoms with Crippen LogP contribution in [0.4, 0.5) is 4.39 Å². The summed E-state index contributed by atoms with van der Waals surface area (Å²) in [6, 6.07) is 7.96. The molecule has 0 amide bonds. The molecule has 0 fully saturated rings. The number of aromatic nitrogens is 2. The molecule has 1 aromatic carbocycles. The first-order valence-corrected chi connectivity index (χ1v) is 4.27. The van der Waals surface area contributed by atoms with Gasteiger partial charge in [0.2, 0.25) is 5.82 Å². The van der Waals surface area contributed by atoms with E-state index in [0.29, 0.717) is 11.1 Å². The molecule has 4 heteroatoms. The summed E-state index contributed by atoms with van der Waals surface area (Å²) in [6.07, 6.45) is 3.00. The van der Waals surface area contributed by atoms with Crippen LogP contribution in [0.25, 0.3) is 11.1 Å². The van der Waals surface area contributed by atoms with Gasteiger partial charge in [0.25, 0.3) is 0 Å². The van der Waals surface area contributed by atoms with Gasteiger partial charge in [-0.1, -0.05) is 12.1 Å². The predicted molar refractivity (Wildman–Crippen MR) is 52.1 cm³/mol. The summed E-state index contributed by atoms with van der Waals surface area (Å²) in [5.74, 6) is -0.202. The normalized spacial score (nSPS) is 9.60. The van der Waals surface area contributed by atoms with Gasteiger partial charge in [0.1, 0.15) is 11.9 Å². The molecule has 1 aromatic heterocycles. The van der Waals surface area contributed by atoms with Gasteiger partial charge in [-0.05, 0) is 17.7 Å². The fourth-order valence-corrected chi connectivity index (χ4v) is 1.20. The molecule has 0 aliphatic carbocycles. The first-order chi connectivity index (χ1) is 7.29. The summed E-state index contributed by atoms with van der Waals surface area (Å²) in [5, 5.41) is 8.51. The Bertz CT molecular complexity index is 514. The Labute approximate surface area is 85.9 Å². The van der Waals surface area contributed by atoms with Crippen LogP contribution in [0.3, 0.4) is 0 Å². The lowest BCUT2D eigenvalue weighted by atomic mass is 10.1. The van der Waals surface area contributed by atoms with Crippen LogP contribution in [0.15, 0.2) is 36.7 Å². The minimum atomic E-state index is -0.308. The van der Waals surface area contributed by atoms with Gasteiger partial charge in [0.15, 0.2) is 0 Å². The first kappa shape index (κ1) is 9.28. The Morgan fingerprint density at radius 1 is 1.13 bits per heavy atom. The van der Waals surface area contributed by atoms with E-state index in [-0.39, 0.29) is 11.6 Å². The van der Waals surface area contributed by atoms with Crippen molar-refractivity contribution in [1.82, 2.24) is 9.97 Å². The fraction of sp³-hybridized carbons (Fsp3) is 0. The van der Waals surface area contributed by atoms with Gasteiger partial charge < -0.3 is 0 Å². The van der Waals surface area contributed by atoms with E-state index in [2.05, 4.69) is 9.97 Å². The van der Waals surface area contributed by atoms with Gasteiger partial charge in [-0.2, -0.15) is 5.26 Å². The number of hydrogen-bond donors (Lipinski definition) is 0. The third kappa shape index (κ3) is 1.97. The fourth-order valence-electron chi connectivity index (χ4n) is 1.20. The maximum absolute atomic E-state index is 12.9. The SMILES string of the molecule is N#Cc1ncc(-c2cccc(F)c2)cn1. The molecule has 0 N–H and O–H groups in total. The average molecular weight is 199 g/mol. The molecule has 0 unspecified atom stereocenters. The highest BCUT2D eigenvalue weighted by atomic mass is 19.1. The maximum Gasteiger partial charge on any atom is 0.232 e. The van der Waals surface area contributed by atoms with Gasteiger partial charge in [0, 0.05) is 18.0 Å². The lowest BCUT2D eigenvalue weighted by Gasteiger charge is -1.99. The second-order valence-corrected chi connectivity index (χ2v) is 2.92. The van der Waals surface area contributed by atoms with Gasteiger partial charge >= 0.3 is 0 Å². The van der Waals surface area contributed by atoms with E-state index in [1.165, 1.54) is 24.5 Å². The van der Waals surface area contributed by atoms with Crippen molar-refractivity contribution in [1.29, 1.82) is 5.26 Å². The number of benzene rings is 1. The monoisotopic (exact) mass is 199 g/mol. The smallest absolute Gasteiger partial charge is 0.227 e. The molecule has 0 bridgehead atoms. The molecule has 2 aromatic rings. The van der Waals surface area contributed by atoms with E-state index in [1.54, 1.807) is 12.1 Å². The topological polar surface area (TPSA) is 49.6 Å². The van der Waals surface area contributed by atoms with Crippen LogP contribution in [0.5, 0.6) is 0 Å². The number of hydrogen-bond acceptors (Lipinski definition) is 3. The molecule has 3 nitrogen and oxygen atoms in total. The number of rotatable bonds is 1. The van der Waals surface area contributed by atoms with Crippen LogP contribution >= 0.6 is 0 Å². The van der Waals surface area contributed by atoms with Crippen LogP contribution in [-0.2, 0) is 0 Å². The van der Waals surface area contributed by atoms with E-state index in [1.807, 2.05) is 6.07 Å². The quantitative estimate of drug-likeness (QED) is 0.707. The zero-order valence-corrected chi connectivity index (χ0v) is 7.68. The van der Waals surface area contributed by atoms with Crippen molar-refractivity contribution in [2.75, 3.05) is 0 Å². The standard InChI is InChI=1S/C11H6FN3/c12-10-3-1-2-8(4-10)9-6-14-11(5-13)15-7-9/h1-4,6-7H. The largest absolute Gasteiger partial charge is 0.232 e. The molecule has 0 spiro atoms. The zero-order chi connectivity index (χ0) is 10.7. The molecule has 0 aliphatic rings. The van der Waals surface area contributed by atoms with Crippen LogP contribution in [0.1, 0.15) is 5.82 Å². The van der Waals surface area contributed by atoms with E-state index >= 15 is 0 Å². The van der Waals surface area contributed by atoms with E-state index in [4.69, 9.17) is 5.26 Å². The zero-order valence-electron chi connectivity index (χ0n) is 7.68. The molecule has 2 rings (SSSR count). The highest BCUT2D eigenvalue weighted by Gasteiger charge is 2.00. The second-order valence-electron chi connectivity index (χ2n) is 2.92. The maximum atomic E-state index is 12.9. The molecule has 1 heterocycles. The number of nitriles is 1. The number of halogens is 1. The summed E-state index contributed by atoms with van der Waals surface area (Å²) in [5.41, 5.74) is 1.38. The minimum Gasteiger partial charge on any atom is -0.227 e. The van der Waals surface area contributed by atoms with Crippen LogP contribution in [0, 0.1) is 17.1 Å². The summed E-state index contributed by atoms with van der Waals surface area (Å²) in [6.45, 7) is 0. The molecule has 72 valence electrons. The van der Waals surface area contributed by atoms with Crippen LogP contribution in [0.2, 0.25) is 0 Å². The second kappa shape index (κ2) is 3.84. The lowest BCUT2D eigenvalue weighted by molar-refractivity contribution is 0.628. The van der Waals surface area contributed by atoms with Crippen LogP contribution < -0.4 is 0 Å². The molecule has 0 atom stereocenters. The van der Waals surface area contributed by atoms with Gasteiger partial charge in [0.05, 0.1) is 0 Å². The summed E-state index contributed by atoms with van der Waals surface area (Å²) < 4.78 is 12.9. The van der Waals surface area contributed by atoms with Gasteiger partial charge in [-0.3, -0.25) is 0 Å². The van der Waals surface area contributed by atoms with Crippen molar-refractivity contribution in [3.8, 4) is 17.2 Å². The molecule has 0 saturated heterocycles. The summed E-state index contributed by atoms with van der Waals surface area (Å²) >= 11 is 0.